The number of hydrogen-bond acceptors (Lipinski definition) is 4. The van der Waals surface area contributed by atoms with Gasteiger partial charge in [-0.3, -0.25) is 0 Å². The molecule has 1 N–H and O–H groups in total. The highest BCUT2D eigenvalue weighted by molar-refractivity contribution is 7.18. The van der Waals surface area contributed by atoms with E-state index in [1.165, 1.54) is 16.0 Å². The van der Waals surface area contributed by atoms with E-state index in [4.69, 9.17) is 4.74 Å². The average molecular weight is 262 g/mol. The maximum absolute atomic E-state index is 5.01. The number of aryl methyl sites for hydroxylation is 1. The zero-order valence-corrected chi connectivity index (χ0v) is 11.6. The van der Waals surface area contributed by atoms with Gasteiger partial charge in [-0.2, -0.15) is 0 Å². The molecule has 1 aromatic heterocycles. The van der Waals surface area contributed by atoms with Gasteiger partial charge in [-0.1, -0.05) is 42.5 Å². The molecule has 0 saturated carbocycles. The first-order valence-corrected chi connectivity index (χ1v) is 6.93. The molecule has 0 aliphatic carbocycles. The lowest BCUT2D eigenvalue weighted by molar-refractivity contribution is 0.211. The second kappa shape index (κ2) is 6.52. The van der Waals surface area contributed by atoms with Crippen molar-refractivity contribution < 1.29 is 4.74 Å². The van der Waals surface area contributed by atoms with Crippen LogP contribution in [-0.4, -0.2) is 25.2 Å². The highest BCUT2D eigenvalue weighted by Gasteiger charge is 2.07. The first kappa shape index (κ1) is 13.1. The number of anilines is 1. The summed E-state index contributed by atoms with van der Waals surface area (Å²) in [5.74, 6) is 0. The standard InChI is InChI=1S/C14H18N2OS/c1-3-11-6-4-5-7-12(11)13-10-16-14(18-13)15-8-9-17-2/h4-7,10H,3,8-9H2,1-2H3,(H,15,16). The van der Waals surface area contributed by atoms with Gasteiger partial charge in [0.15, 0.2) is 5.13 Å². The van der Waals surface area contributed by atoms with Crippen molar-refractivity contribution in [3.05, 3.63) is 36.0 Å². The van der Waals surface area contributed by atoms with E-state index in [0.717, 1.165) is 18.1 Å². The van der Waals surface area contributed by atoms with E-state index in [1.54, 1.807) is 18.4 Å². The Morgan fingerprint density at radius 2 is 2.17 bits per heavy atom. The van der Waals surface area contributed by atoms with Crippen LogP contribution in [0.15, 0.2) is 30.5 Å². The minimum Gasteiger partial charge on any atom is -0.383 e. The molecule has 0 atom stereocenters. The first-order valence-electron chi connectivity index (χ1n) is 6.12. The molecule has 18 heavy (non-hydrogen) atoms. The molecule has 0 radical (unpaired) electrons. The number of rotatable bonds is 6. The van der Waals surface area contributed by atoms with E-state index < -0.39 is 0 Å². The third-order valence-corrected chi connectivity index (χ3v) is 3.74. The van der Waals surface area contributed by atoms with Crippen LogP contribution in [0.4, 0.5) is 5.13 Å². The van der Waals surface area contributed by atoms with Gasteiger partial charge in [0.2, 0.25) is 0 Å². The van der Waals surface area contributed by atoms with Gasteiger partial charge < -0.3 is 10.1 Å². The zero-order valence-electron chi connectivity index (χ0n) is 10.8. The lowest BCUT2D eigenvalue weighted by Gasteiger charge is -2.04. The Labute approximate surface area is 112 Å². The Kier molecular flexibility index (Phi) is 4.73. The van der Waals surface area contributed by atoms with E-state index in [-0.39, 0.29) is 0 Å². The van der Waals surface area contributed by atoms with Gasteiger partial charge in [-0.25, -0.2) is 4.98 Å². The fraction of sp³-hybridized carbons (Fsp3) is 0.357. The molecule has 0 spiro atoms. The van der Waals surface area contributed by atoms with Crippen LogP contribution in [0.25, 0.3) is 10.4 Å². The molecule has 2 aromatic rings. The van der Waals surface area contributed by atoms with Crippen molar-refractivity contribution in [2.24, 2.45) is 0 Å². The number of thiazole rings is 1. The quantitative estimate of drug-likeness (QED) is 0.810. The van der Waals surface area contributed by atoms with Crippen molar-refractivity contribution in [3.63, 3.8) is 0 Å². The lowest BCUT2D eigenvalue weighted by Crippen LogP contribution is -2.06. The number of nitrogens with one attached hydrogen (secondary N) is 1. The first-order chi connectivity index (χ1) is 8.85. The molecular formula is C14H18N2OS. The van der Waals surface area contributed by atoms with Gasteiger partial charge >= 0.3 is 0 Å². The minimum atomic E-state index is 0.695. The van der Waals surface area contributed by atoms with Gasteiger partial charge in [0.25, 0.3) is 0 Å². The van der Waals surface area contributed by atoms with Gasteiger partial charge in [0, 0.05) is 19.9 Å². The lowest BCUT2D eigenvalue weighted by atomic mass is 10.0. The maximum Gasteiger partial charge on any atom is 0.183 e. The topological polar surface area (TPSA) is 34.2 Å². The SMILES string of the molecule is CCc1ccccc1-c1cnc(NCCOC)s1. The second-order valence-electron chi connectivity index (χ2n) is 3.96. The van der Waals surface area contributed by atoms with Gasteiger partial charge in [-0.05, 0) is 17.5 Å². The fourth-order valence-corrected chi connectivity index (χ4v) is 2.71. The van der Waals surface area contributed by atoms with Gasteiger partial charge in [0.05, 0.1) is 11.5 Å². The summed E-state index contributed by atoms with van der Waals surface area (Å²) in [6, 6.07) is 8.49. The number of hydrogen-bond donors (Lipinski definition) is 1. The molecule has 1 heterocycles. The number of nitrogens with zero attached hydrogens (tertiary/aromatic N) is 1. The van der Waals surface area contributed by atoms with Crippen LogP contribution in [0.5, 0.6) is 0 Å². The average Bonchev–Trinajstić information content (AvgIpc) is 2.88. The summed E-state index contributed by atoms with van der Waals surface area (Å²) in [6.45, 7) is 3.66. The molecule has 1 aromatic carbocycles. The van der Waals surface area contributed by atoms with E-state index in [9.17, 15) is 0 Å². The number of benzene rings is 1. The molecule has 2 rings (SSSR count). The van der Waals surface area contributed by atoms with Crippen LogP contribution in [0, 0.1) is 0 Å². The molecule has 0 unspecified atom stereocenters. The van der Waals surface area contributed by atoms with Crippen LogP contribution in [0.2, 0.25) is 0 Å². The third-order valence-electron chi connectivity index (χ3n) is 2.75. The smallest absolute Gasteiger partial charge is 0.183 e. The molecule has 0 aliphatic heterocycles. The van der Waals surface area contributed by atoms with Crippen molar-refractivity contribution >= 4 is 16.5 Å². The number of aromatic nitrogens is 1. The normalized spacial score (nSPS) is 10.6. The van der Waals surface area contributed by atoms with Crippen molar-refractivity contribution in [1.82, 2.24) is 4.98 Å². The molecule has 4 heteroatoms. The van der Waals surface area contributed by atoms with Crippen LogP contribution in [0.3, 0.4) is 0 Å². The Morgan fingerprint density at radius 1 is 1.33 bits per heavy atom. The Hall–Kier alpha value is -1.39. The van der Waals surface area contributed by atoms with Crippen molar-refractivity contribution in [2.75, 3.05) is 25.6 Å². The molecule has 0 amide bonds. The summed E-state index contributed by atoms with van der Waals surface area (Å²) in [7, 11) is 1.70. The Morgan fingerprint density at radius 3 is 2.94 bits per heavy atom. The van der Waals surface area contributed by atoms with Crippen LogP contribution < -0.4 is 5.32 Å². The van der Waals surface area contributed by atoms with Gasteiger partial charge in [0.1, 0.15) is 0 Å². The van der Waals surface area contributed by atoms with E-state index in [0.29, 0.717) is 6.61 Å². The molecule has 0 fully saturated rings. The van der Waals surface area contributed by atoms with Crippen LogP contribution in [0.1, 0.15) is 12.5 Å². The summed E-state index contributed by atoms with van der Waals surface area (Å²) >= 11 is 1.69. The monoisotopic (exact) mass is 262 g/mol. The molecule has 0 bridgehead atoms. The molecule has 96 valence electrons. The summed E-state index contributed by atoms with van der Waals surface area (Å²) < 4.78 is 5.01. The second-order valence-corrected chi connectivity index (χ2v) is 4.99. The van der Waals surface area contributed by atoms with Crippen LogP contribution >= 0.6 is 11.3 Å². The predicted octanol–water partition coefficient (Wildman–Crippen LogP) is 3.43. The Bertz CT molecular complexity index is 496. The third kappa shape index (κ3) is 3.09. The maximum atomic E-state index is 5.01. The number of methoxy groups -OCH3 is 1. The van der Waals surface area contributed by atoms with Crippen molar-refractivity contribution in [1.29, 1.82) is 0 Å². The summed E-state index contributed by atoms with van der Waals surface area (Å²) in [4.78, 5) is 5.61. The number of ether oxygens (including phenoxy) is 1. The largest absolute Gasteiger partial charge is 0.383 e. The van der Waals surface area contributed by atoms with Crippen molar-refractivity contribution in [2.45, 2.75) is 13.3 Å². The highest BCUT2D eigenvalue weighted by Crippen LogP contribution is 2.31. The summed E-state index contributed by atoms with van der Waals surface area (Å²) in [6.07, 6.45) is 2.98. The fourth-order valence-electron chi connectivity index (χ4n) is 1.81. The Balaban J connectivity index is 2.13. The predicted molar refractivity (Wildman–Crippen MR) is 77.3 cm³/mol. The molecule has 0 saturated heterocycles. The summed E-state index contributed by atoms with van der Waals surface area (Å²) in [5.41, 5.74) is 2.65. The highest BCUT2D eigenvalue weighted by atomic mass is 32.1. The van der Waals surface area contributed by atoms with Gasteiger partial charge in [-0.15, -0.1) is 0 Å². The van der Waals surface area contributed by atoms with E-state index >= 15 is 0 Å². The molecule has 3 nitrogen and oxygen atoms in total. The van der Waals surface area contributed by atoms with Crippen LogP contribution in [-0.2, 0) is 11.2 Å². The van der Waals surface area contributed by atoms with E-state index in [1.807, 2.05) is 6.20 Å². The summed E-state index contributed by atoms with van der Waals surface area (Å²) in [5, 5.41) is 4.21. The minimum absolute atomic E-state index is 0.695. The molecular weight excluding hydrogens is 244 g/mol. The molecule has 0 aliphatic rings. The zero-order chi connectivity index (χ0) is 12.8. The van der Waals surface area contributed by atoms with E-state index in [2.05, 4.69) is 41.5 Å². The van der Waals surface area contributed by atoms with Crippen molar-refractivity contribution in [3.8, 4) is 10.4 Å².